The Hall–Kier alpha value is -3.05. The van der Waals surface area contributed by atoms with Gasteiger partial charge in [0.25, 0.3) is 0 Å². The second kappa shape index (κ2) is 9.54. The molecule has 0 saturated heterocycles. The summed E-state index contributed by atoms with van der Waals surface area (Å²) in [6.45, 7) is 11.9. The highest BCUT2D eigenvalue weighted by molar-refractivity contribution is 6.00. The molecule has 0 fully saturated rings. The number of carbonyl (C=O) groups is 1. The van der Waals surface area contributed by atoms with Crippen LogP contribution in [0.15, 0.2) is 47.6 Å². The number of aromatic hydroxyl groups is 1. The van der Waals surface area contributed by atoms with Gasteiger partial charge in [0.2, 0.25) is 0 Å². The third-order valence-electron chi connectivity index (χ3n) is 6.83. The third-order valence-corrected chi connectivity index (χ3v) is 6.83. The summed E-state index contributed by atoms with van der Waals surface area (Å²) in [6, 6.07) is 7.29. The van der Waals surface area contributed by atoms with E-state index >= 15 is 0 Å². The van der Waals surface area contributed by atoms with E-state index < -0.39 is 17.8 Å². The molecule has 0 aliphatic carbocycles. The van der Waals surface area contributed by atoms with Crippen LogP contribution < -0.4 is 9.47 Å². The molecule has 0 spiro atoms. The van der Waals surface area contributed by atoms with Crippen LogP contribution in [0.4, 0.5) is 0 Å². The molecule has 186 valence electrons. The fourth-order valence-electron chi connectivity index (χ4n) is 4.62. The van der Waals surface area contributed by atoms with Crippen LogP contribution in [-0.2, 0) is 19.3 Å². The second-order valence-electron chi connectivity index (χ2n) is 10.7. The Labute approximate surface area is 208 Å². The molecular weight excluding hydrogens is 440 g/mol. The van der Waals surface area contributed by atoms with E-state index in [4.69, 9.17) is 9.47 Å². The minimum absolute atomic E-state index is 0.00399. The van der Waals surface area contributed by atoms with Crippen molar-refractivity contribution in [3.8, 4) is 17.2 Å². The van der Waals surface area contributed by atoms with Crippen LogP contribution in [-0.4, -0.2) is 27.7 Å². The highest BCUT2D eigenvalue weighted by Gasteiger charge is 2.38. The average molecular weight is 477 g/mol. The normalized spacial score (nSPS) is 20.1. The van der Waals surface area contributed by atoms with E-state index in [0.717, 1.165) is 28.0 Å². The standard InChI is InChI=1S/C30H36O5/c1-17(2)7-9-19-13-20(14-21-15-27(33)30(5,6)35-28(19)21)26-16-25(32)23-11-12-24(31)22(29(23)34-26)10-8-18(3)4/h7-8,11-14,26-27,31,33H,9-10,15-16H2,1-6H3/t26-,27-/m1/s1. The maximum Gasteiger partial charge on any atom is 0.170 e. The molecule has 2 atom stereocenters. The molecule has 0 unspecified atom stereocenters. The summed E-state index contributed by atoms with van der Waals surface area (Å²) >= 11 is 0. The number of aliphatic hydroxyl groups excluding tert-OH is 1. The molecule has 0 bridgehead atoms. The highest BCUT2D eigenvalue weighted by Crippen LogP contribution is 2.44. The zero-order chi connectivity index (χ0) is 25.5. The molecular formula is C30H36O5. The first-order valence-corrected chi connectivity index (χ1v) is 12.3. The number of carbonyl (C=O) groups excluding carboxylic acids is 1. The first-order chi connectivity index (χ1) is 16.5. The summed E-state index contributed by atoms with van der Waals surface area (Å²) in [4.78, 5) is 13.1. The van der Waals surface area contributed by atoms with E-state index in [1.54, 1.807) is 12.1 Å². The summed E-state index contributed by atoms with van der Waals surface area (Å²) in [7, 11) is 0. The van der Waals surface area contributed by atoms with E-state index in [1.165, 1.54) is 5.57 Å². The molecule has 2 aliphatic heterocycles. The van der Waals surface area contributed by atoms with E-state index in [0.29, 0.717) is 36.1 Å². The number of allylic oxidation sites excluding steroid dienone is 4. The van der Waals surface area contributed by atoms with Gasteiger partial charge in [0.05, 0.1) is 18.1 Å². The Morgan fingerprint density at radius 1 is 1.03 bits per heavy atom. The maximum atomic E-state index is 13.1. The van der Waals surface area contributed by atoms with Gasteiger partial charge < -0.3 is 19.7 Å². The summed E-state index contributed by atoms with van der Waals surface area (Å²) in [5.41, 5.74) is 5.62. The van der Waals surface area contributed by atoms with Crippen LogP contribution in [0.2, 0.25) is 0 Å². The predicted molar refractivity (Wildman–Crippen MR) is 138 cm³/mol. The summed E-state index contributed by atoms with van der Waals surface area (Å²) in [5.74, 6) is 1.40. The molecule has 0 aromatic heterocycles. The van der Waals surface area contributed by atoms with E-state index in [9.17, 15) is 15.0 Å². The Kier molecular flexibility index (Phi) is 6.83. The van der Waals surface area contributed by atoms with Crippen LogP contribution in [0.1, 0.15) is 86.7 Å². The number of Topliss-reactive ketones (excluding diaryl/α,β-unsaturated/α-hetero) is 1. The molecule has 5 heteroatoms. The van der Waals surface area contributed by atoms with Gasteiger partial charge in [-0.05, 0) is 95.3 Å². The molecule has 4 rings (SSSR count). The van der Waals surface area contributed by atoms with Crippen molar-refractivity contribution >= 4 is 5.78 Å². The lowest BCUT2D eigenvalue weighted by atomic mass is 9.86. The van der Waals surface area contributed by atoms with Crippen molar-refractivity contribution in [2.45, 2.75) is 85.0 Å². The smallest absolute Gasteiger partial charge is 0.170 e. The van der Waals surface area contributed by atoms with Gasteiger partial charge in [-0.1, -0.05) is 23.3 Å². The van der Waals surface area contributed by atoms with Crippen molar-refractivity contribution in [2.75, 3.05) is 0 Å². The monoisotopic (exact) mass is 476 g/mol. The first kappa shape index (κ1) is 25.1. The minimum atomic E-state index is -0.679. The summed E-state index contributed by atoms with van der Waals surface area (Å²) < 4.78 is 12.7. The van der Waals surface area contributed by atoms with Crippen LogP contribution >= 0.6 is 0 Å². The van der Waals surface area contributed by atoms with Crippen LogP contribution in [0, 0.1) is 0 Å². The van der Waals surface area contributed by atoms with Crippen molar-refractivity contribution in [1.82, 2.24) is 0 Å². The lowest BCUT2D eigenvalue weighted by Crippen LogP contribution is -2.46. The van der Waals surface area contributed by atoms with Gasteiger partial charge in [-0.25, -0.2) is 0 Å². The zero-order valence-electron chi connectivity index (χ0n) is 21.6. The van der Waals surface area contributed by atoms with Gasteiger partial charge in [0, 0.05) is 12.0 Å². The topological polar surface area (TPSA) is 76.0 Å². The minimum Gasteiger partial charge on any atom is -0.508 e. The number of fused-ring (bicyclic) bond motifs is 2. The first-order valence-electron chi connectivity index (χ1n) is 12.3. The molecule has 2 aliphatic rings. The van der Waals surface area contributed by atoms with Crippen molar-refractivity contribution in [3.63, 3.8) is 0 Å². The van der Waals surface area contributed by atoms with Gasteiger partial charge in [0.15, 0.2) is 5.78 Å². The number of phenolic OH excluding ortho intramolecular Hbond substituents is 1. The van der Waals surface area contributed by atoms with E-state index in [2.05, 4.69) is 26.0 Å². The molecule has 0 amide bonds. The van der Waals surface area contributed by atoms with Crippen LogP contribution in [0.5, 0.6) is 17.2 Å². The van der Waals surface area contributed by atoms with Crippen molar-refractivity contribution < 1.29 is 24.5 Å². The van der Waals surface area contributed by atoms with Gasteiger partial charge >= 0.3 is 0 Å². The van der Waals surface area contributed by atoms with Gasteiger partial charge in [-0.2, -0.15) is 0 Å². The number of hydrogen-bond donors (Lipinski definition) is 2. The van der Waals surface area contributed by atoms with Gasteiger partial charge in [-0.3, -0.25) is 4.79 Å². The molecule has 2 N–H and O–H groups in total. The molecule has 0 saturated carbocycles. The van der Waals surface area contributed by atoms with Crippen LogP contribution in [0.3, 0.4) is 0 Å². The zero-order valence-corrected chi connectivity index (χ0v) is 21.6. The van der Waals surface area contributed by atoms with E-state index in [-0.39, 0.29) is 18.0 Å². The van der Waals surface area contributed by atoms with Crippen molar-refractivity contribution in [2.24, 2.45) is 0 Å². The Bertz CT molecular complexity index is 1210. The van der Waals surface area contributed by atoms with Crippen LogP contribution in [0.25, 0.3) is 0 Å². The van der Waals surface area contributed by atoms with Gasteiger partial charge in [0.1, 0.15) is 29.0 Å². The van der Waals surface area contributed by atoms with Crippen molar-refractivity contribution in [3.05, 3.63) is 75.4 Å². The Morgan fingerprint density at radius 3 is 2.40 bits per heavy atom. The molecule has 2 aromatic rings. The Morgan fingerprint density at radius 2 is 1.71 bits per heavy atom. The largest absolute Gasteiger partial charge is 0.508 e. The molecule has 2 heterocycles. The lowest BCUT2D eigenvalue weighted by Gasteiger charge is -2.38. The highest BCUT2D eigenvalue weighted by atomic mass is 16.5. The molecule has 0 radical (unpaired) electrons. The van der Waals surface area contributed by atoms with Crippen molar-refractivity contribution in [1.29, 1.82) is 0 Å². The Balaban J connectivity index is 1.78. The SMILES string of the molecule is CC(C)=CCc1cc([C@H]2CC(=O)c3ccc(O)c(CC=C(C)C)c3O2)cc2c1OC(C)(C)[C@H](O)C2. The second-order valence-corrected chi connectivity index (χ2v) is 10.7. The third kappa shape index (κ3) is 5.15. The number of phenols is 1. The number of ether oxygens (including phenoxy) is 2. The van der Waals surface area contributed by atoms with E-state index in [1.807, 2.05) is 39.8 Å². The van der Waals surface area contributed by atoms with Gasteiger partial charge in [-0.15, -0.1) is 0 Å². The summed E-state index contributed by atoms with van der Waals surface area (Å²) in [5, 5.41) is 21.2. The molecule has 2 aromatic carbocycles. The fraction of sp³-hybridized carbons (Fsp3) is 0.433. The maximum absolute atomic E-state index is 13.1. The number of ketones is 1. The number of aliphatic hydroxyl groups is 1. The molecule has 5 nitrogen and oxygen atoms in total. The average Bonchev–Trinajstić information content (AvgIpc) is 2.77. The quantitative estimate of drug-likeness (QED) is 0.503. The molecule has 35 heavy (non-hydrogen) atoms. The number of rotatable bonds is 5. The number of benzene rings is 2. The number of hydrogen-bond acceptors (Lipinski definition) is 5. The predicted octanol–water partition coefficient (Wildman–Crippen LogP) is 6.19. The summed E-state index contributed by atoms with van der Waals surface area (Å²) in [6.07, 6.45) is 4.92. The lowest BCUT2D eigenvalue weighted by molar-refractivity contribution is -0.0417. The fourth-order valence-corrected chi connectivity index (χ4v) is 4.62.